The van der Waals surface area contributed by atoms with Gasteiger partial charge in [-0.2, -0.15) is 0 Å². The third kappa shape index (κ3) is 2.44. The molecule has 3 nitrogen and oxygen atoms in total. The molecule has 3 heteroatoms. The van der Waals surface area contributed by atoms with Gasteiger partial charge in [0.2, 0.25) is 0 Å². The molecule has 19 heavy (non-hydrogen) atoms. The van der Waals surface area contributed by atoms with E-state index < -0.39 is 0 Å². The lowest BCUT2D eigenvalue weighted by atomic mass is 9.65. The molecule has 0 heterocycles. The van der Waals surface area contributed by atoms with Crippen molar-refractivity contribution in [2.75, 3.05) is 14.2 Å². The molecular formula is C16H25NO2. The molecule has 0 saturated heterocycles. The maximum Gasteiger partial charge on any atom is 0.124 e. The fraction of sp³-hybridized carbons (Fsp3) is 0.625. The van der Waals surface area contributed by atoms with Crippen LogP contribution in [0.3, 0.4) is 0 Å². The Hall–Kier alpha value is -1.22. The summed E-state index contributed by atoms with van der Waals surface area (Å²) in [6, 6.07) is 5.91. The van der Waals surface area contributed by atoms with Crippen LogP contribution in [0.25, 0.3) is 0 Å². The van der Waals surface area contributed by atoms with Gasteiger partial charge in [0.15, 0.2) is 0 Å². The number of hydrogen-bond acceptors (Lipinski definition) is 3. The smallest absolute Gasteiger partial charge is 0.124 e. The third-order valence-electron chi connectivity index (χ3n) is 4.82. The van der Waals surface area contributed by atoms with Crippen molar-refractivity contribution < 1.29 is 9.47 Å². The Morgan fingerprint density at radius 3 is 2.58 bits per heavy atom. The molecule has 1 fully saturated rings. The number of rotatable bonds is 3. The van der Waals surface area contributed by atoms with Gasteiger partial charge in [-0.3, -0.25) is 0 Å². The van der Waals surface area contributed by atoms with Gasteiger partial charge in [0.25, 0.3) is 0 Å². The summed E-state index contributed by atoms with van der Waals surface area (Å²) in [6.07, 6.45) is 3.43. The zero-order chi connectivity index (χ0) is 14.0. The monoisotopic (exact) mass is 263 g/mol. The summed E-state index contributed by atoms with van der Waals surface area (Å²) in [5, 5.41) is 0. The van der Waals surface area contributed by atoms with Crippen LogP contribution in [0, 0.1) is 11.8 Å². The molecule has 2 N–H and O–H groups in total. The molecule has 1 aromatic rings. The summed E-state index contributed by atoms with van der Waals surface area (Å²) in [4.78, 5) is 0. The van der Waals surface area contributed by atoms with Crippen molar-refractivity contribution in [3.8, 4) is 11.5 Å². The lowest BCUT2D eigenvalue weighted by Gasteiger charge is -2.44. The van der Waals surface area contributed by atoms with Gasteiger partial charge in [0.1, 0.15) is 11.5 Å². The van der Waals surface area contributed by atoms with Crippen LogP contribution in [0.2, 0.25) is 0 Å². The first-order valence-electron chi connectivity index (χ1n) is 7.04. The molecule has 0 amide bonds. The van der Waals surface area contributed by atoms with Crippen LogP contribution in [0.5, 0.6) is 11.5 Å². The van der Waals surface area contributed by atoms with Crippen molar-refractivity contribution in [3.63, 3.8) is 0 Å². The van der Waals surface area contributed by atoms with Gasteiger partial charge < -0.3 is 15.2 Å². The topological polar surface area (TPSA) is 44.5 Å². The summed E-state index contributed by atoms with van der Waals surface area (Å²) in [5.74, 6) is 2.77. The molecule has 1 aromatic carbocycles. The highest BCUT2D eigenvalue weighted by molar-refractivity contribution is 5.45. The zero-order valence-corrected chi connectivity index (χ0v) is 12.4. The van der Waals surface area contributed by atoms with Crippen LogP contribution in [-0.4, -0.2) is 14.2 Å². The third-order valence-corrected chi connectivity index (χ3v) is 4.82. The van der Waals surface area contributed by atoms with Crippen LogP contribution in [0.1, 0.15) is 38.7 Å². The minimum Gasteiger partial charge on any atom is -0.497 e. The average molecular weight is 263 g/mol. The summed E-state index contributed by atoms with van der Waals surface area (Å²) >= 11 is 0. The van der Waals surface area contributed by atoms with E-state index in [1.165, 1.54) is 12.8 Å². The first-order valence-corrected chi connectivity index (χ1v) is 7.04. The van der Waals surface area contributed by atoms with Crippen LogP contribution in [-0.2, 0) is 5.54 Å². The van der Waals surface area contributed by atoms with E-state index in [2.05, 4.69) is 13.8 Å². The number of hydrogen-bond donors (Lipinski definition) is 1. The van der Waals surface area contributed by atoms with Gasteiger partial charge in [-0.15, -0.1) is 0 Å². The van der Waals surface area contributed by atoms with Crippen molar-refractivity contribution in [2.24, 2.45) is 17.6 Å². The molecule has 2 rings (SSSR count). The lowest BCUT2D eigenvalue weighted by molar-refractivity contribution is 0.140. The Morgan fingerprint density at radius 2 is 1.95 bits per heavy atom. The summed E-state index contributed by atoms with van der Waals surface area (Å²) < 4.78 is 10.9. The Balaban J connectivity index is 2.48. The van der Waals surface area contributed by atoms with Crippen molar-refractivity contribution in [1.82, 2.24) is 0 Å². The Morgan fingerprint density at radius 1 is 1.21 bits per heavy atom. The van der Waals surface area contributed by atoms with Crippen LogP contribution in [0.4, 0.5) is 0 Å². The van der Waals surface area contributed by atoms with Crippen LogP contribution < -0.4 is 15.2 Å². The van der Waals surface area contributed by atoms with Gasteiger partial charge in [0, 0.05) is 11.1 Å². The van der Waals surface area contributed by atoms with Gasteiger partial charge in [-0.25, -0.2) is 0 Å². The fourth-order valence-corrected chi connectivity index (χ4v) is 3.26. The minimum atomic E-state index is -0.322. The molecule has 1 aliphatic rings. The molecule has 0 aromatic heterocycles. The quantitative estimate of drug-likeness (QED) is 0.910. The second kappa shape index (κ2) is 5.41. The van der Waals surface area contributed by atoms with Crippen molar-refractivity contribution in [1.29, 1.82) is 0 Å². The normalized spacial score (nSPS) is 31.0. The molecule has 0 spiro atoms. The summed E-state index contributed by atoms with van der Waals surface area (Å²) in [6.45, 7) is 4.54. The van der Waals surface area contributed by atoms with E-state index in [-0.39, 0.29) is 5.54 Å². The van der Waals surface area contributed by atoms with E-state index in [0.717, 1.165) is 23.5 Å². The van der Waals surface area contributed by atoms with Gasteiger partial charge >= 0.3 is 0 Å². The first-order chi connectivity index (χ1) is 9.02. The first kappa shape index (κ1) is 14.2. The molecule has 3 atom stereocenters. The van der Waals surface area contributed by atoms with Gasteiger partial charge in [0.05, 0.1) is 14.2 Å². The predicted octanol–water partition coefficient (Wildman–Crippen LogP) is 3.31. The molecule has 1 aliphatic carbocycles. The number of nitrogens with two attached hydrogens (primary N) is 1. The van der Waals surface area contributed by atoms with Crippen molar-refractivity contribution >= 4 is 0 Å². The standard InChI is InChI=1S/C16H25NO2/c1-11-6-5-9-16(17,12(11)2)14-10-13(18-3)7-8-15(14)19-4/h7-8,10-12H,5-6,9,17H2,1-4H3. The van der Waals surface area contributed by atoms with E-state index in [1.807, 2.05) is 18.2 Å². The van der Waals surface area contributed by atoms with Crippen molar-refractivity contribution in [2.45, 2.75) is 38.6 Å². The Kier molecular flexibility index (Phi) is 4.04. The maximum absolute atomic E-state index is 6.78. The van der Waals surface area contributed by atoms with E-state index in [1.54, 1.807) is 14.2 Å². The fourth-order valence-electron chi connectivity index (χ4n) is 3.26. The molecule has 0 radical (unpaired) electrons. The second-order valence-corrected chi connectivity index (χ2v) is 5.76. The second-order valence-electron chi connectivity index (χ2n) is 5.76. The van der Waals surface area contributed by atoms with E-state index in [0.29, 0.717) is 11.8 Å². The maximum atomic E-state index is 6.78. The highest BCUT2D eigenvalue weighted by Crippen LogP contribution is 2.46. The van der Waals surface area contributed by atoms with E-state index in [4.69, 9.17) is 15.2 Å². The SMILES string of the molecule is COc1ccc(OC)c(C2(N)CCCC(C)C2C)c1. The molecular weight excluding hydrogens is 238 g/mol. The van der Waals surface area contributed by atoms with E-state index >= 15 is 0 Å². The molecule has 0 aliphatic heterocycles. The summed E-state index contributed by atoms with van der Waals surface area (Å²) in [7, 11) is 3.38. The Labute approximate surface area is 116 Å². The highest BCUT2D eigenvalue weighted by Gasteiger charge is 2.41. The number of methoxy groups -OCH3 is 2. The number of ether oxygens (including phenoxy) is 2. The zero-order valence-electron chi connectivity index (χ0n) is 12.4. The van der Waals surface area contributed by atoms with Gasteiger partial charge in [-0.05, 0) is 36.5 Å². The highest BCUT2D eigenvalue weighted by atomic mass is 16.5. The van der Waals surface area contributed by atoms with Crippen LogP contribution >= 0.6 is 0 Å². The minimum absolute atomic E-state index is 0.322. The Bertz CT molecular complexity index is 446. The molecule has 3 unspecified atom stereocenters. The van der Waals surface area contributed by atoms with Crippen molar-refractivity contribution in [3.05, 3.63) is 23.8 Å². The van der Waals surface area contributed by atoms with Gasteiger partial charge in [-0.1, -0.05) is 26.7 Å². The lowest BCUT2D eigenvalue weighted by Crippen LogP contribution is -2.48. The molecule has 1 saturated carbocycles. The number of benzene rings is 1. The largest absolute Gasteiger partial charge is 0.497 e. The van der Waals surface area contributed by atoms with Crippen LogP contribution in [0.15, 0.2) is 18.2 Å². The predicted molar refractivity (Wildman–Crippen MR) is 77.6 cm³/mol. The summed E-state index contributed by atoms with van der Waals surface area (Å²) in [5.41, 5.74) is 7.53. The average Bonchev–Trinajstić information content (AvgIpc) is 2.44. The molecule has 106 valence electrons. The van der Waals surface area contributed by atoms with E-state index in [9.17, 15) is 0 Å². The molecule has 0 bridgehead atoms.